The molecule has 98 valence electrons. The second kappa shape index (κ2) is 7.26. The Morgan fingerprint density at radius 2 is 2.22 bits per heavy atom. The number of nitrogens with one attached hydrogen (secondary N) is 2. The number of pyridine rings is 1. The summed E-state index contributed by atoms with van der Waals surface area (Å²) in [5.41, 5.74) is 0.855. The van der Waals surface area contributed by atoms with Gasteiger partial charge in [0.25, 0.3) is 0 Å². The number of amides is 1. The predicted molar refractivity (Wildman–Crippen MR) is 67.4 cm³/mol. The maximum atomic E-state index is 11.4. The van der Waals surface area contributed by atoms with Crippen LogP contribution in [0.2, 0.25) is 0 Å². The third kappa shape index (κ3) is 4.40. The molecule has 1 rings (SSSR count). The molecule has 6 heteroatoms. The molecular weight excluding hydrogens is 234 g/mol. The van der Waals surface area contributed by atoms with Gasteiger partial charge in [-0.1, -0.05) is 6.92 Å². The van der Waals surface area contributed by atoms with E-state index in [-0.39, 0.29) is 18.1 Å². The Morgan fingerprint density at radius 1 is 1.44 bits per heavy atom. The van der Waals surface area contributed by atoms with E-state index in [1.807, 2.05) is 6.92 Å². The van der Waals surface area contributed by atoms with E-state index in [1.54, 1.807) is 12.1 Å². The van der Waals surface area contributed by atoms with E-state index in [0.29, 0.717) is 12.2 Å². The highest BCUT2D eigenvalue weighted by atomic mass is 16.5. The number of hydrogen-bond donors (Lipinski definition) is 2. The fraction of sp³-hybridized carbons (Fsp3) is 0.417. The summed E-state index contributed by atoms with van der Waals surface area (Å²) in [4.78, 5) is 26.5. The van der Waals surface area contributed by atoms with Crippen LogP contribution in [0, 0.1) is 0 Å². The molecule has 0 aliphatic heterocycles. The molecule has 0 saturated heterocycles. The number of nitrogens with zero attached hydrogens (tertiary/aromatic N) is 1. The fourth-order valence-corrected chi connectivity index (χ4v) is 1.27. The van der Waals surface area contributed by atoms with E-state index in [2.05, 4.69) is 20.4 Å². The third-order valence-electron chi connectivity index (χ3n) is 2.18. The molecule has 0 aromatic carbocycles. The average molecular weight is 251 g/mol. The molecule has 2 N–H and O–H groups in total. The van der Waals surface area contributed by atoms with Crippen molar-refractivity contribution in [3.05, 3.63) is 24.0 Å². The van der Waals surface area contributed by atoms with Gasteiger partial charge in [0.1, 0.15) is 5.69 Å². The summed E-state index contributed by atoms with van der Waals surface area (Å²) < 4.78 is 4.56. The van der Waals surface area contributed by atoms with Crippen LogP contribution in [0.4, 0.5) is 5.69 Å². The number of carbonyl (C=O) groups excluding carboxylic acids is 2. The minimum absolute atomic E-state index is 0.0896. The lowest BCUT2D eigenvalue weighted by molar-refractivity contribution is -0.119. The van der Waals surface area contributed by atoms with Gasteiger partial charge in [-0.25, -0.2) is 9.78 Å². The zero-order valence-electron chi connectivity index (χ0n) is 10.5. The maximum absolute atomic E-state index is 11.4. The summed E-state index contributed by atoms with van der Waals surface area (Å²) in [6, 6.07) is 3.22. The lowest BCUT2D eigenvalue weighted by Gasteiger charge is -2.07. The van der Waals surface area contributed by atoms with Gasteiger partial charge in [-0.3, -0.25) is 4.79 Å². The first-order chi connectivity index (χ1) is 8.67. The van der Waals surface area contributed by atoms with E-state index in [4.69, 9.17) is 0 Å². The van der Waals surface area contributed by atoms with Gasteiger partial charge in [0, 0.05) is 18.4 Å². The minimum Gasteiger partial charge on any atom is -0.464 e. The number of anilines is 1. The molecule has 0 spiro atoms. The van der Waals surface area contributed by atoms with Gasteiger partial charge in [-0.05, 0) is 18.6 Å². The van der Waals surface area contributed by atoms with Crippen LogP contribution in [0.25, 0.3) is 0 Å². The quantitative estimate of drug-likeness (QED) is 0.731. The Morgan fingerprint density at radius 3 is 2.89 bits per heavy atom. The van der Waals surface area contributed by atoms with Crippen LogP contribution in [0.15, 0.2) is 18.3 Å². The first-order valence-electron chi connectivity index (χ1n) is 5.72. The Balaban J connectivity index is 2.52. The summed E-state index contributed by atoms with van der Waals surface area (Å²) in [7, 11) is 1.29. The Hall–Kier alpha value is -2.11. The van der Waals surface area contributed by atoms with Crippen LogP contribution in [0.5, 0.6) is 0 Å². The number of aromatic nitrogens is 1. The summed E-state index contributed by atoms with van der Waals surface area (Å²) in [6.45, 7) is 2.80. The van der Waals surface area contributed by atoms with Gasteiger partial charge in [-0.2, -0.15) is 0 Å². The average Bonchev–Trinajstić information content (AvgIpc) is 2.42. The molecule has 1 amide bonds. The third-order valence-corrected chi connectivity index (χ3v) is 2.18. The number of carbonyl (C=O) groups is 2. The maximum Gasteiger partial charge on any atom is 0.356 e. The van der Waals surface area contributed by atoms with Gasteiger partial charge in [-0.15, -0.1) is 0 Å². The Kier molecular flexibility index (Phi) is 5.63. The van der Waals surface area contributed by atoms with Crippen LogP contribution < -0.4 is 10.6 Å². The predicted octanol–water partition coefficient (Wildman–Crippen LogP) is 0.806. The van der Waals surface area contributed by atoms with Crippen molar-refractivity contribution in [1.29, 1.82) is 0 Å². The highest BCUT2D eigenvalue weighted by molar-refractivity contribution is 5.88. The molecule has 0 unspecified atom stereocenters. The number of esters is 1. The van der Waals surface area contributed by atoms with Crippen molar-refractivity contribution in [1.82, 2.24) is 10.3 Å². The molecule has 0 atom stereocenters. The Bertz CT molecular complexity index is 421. The van der Waals surface area contributed by atoms with Gasteiger partial charge in [0.15, 0.2) is 0 Å². The second-order valence-electron chi connectivity index (χ2n) is 3.62. The summed E-state index contributed by atoms with van der Waals surface area (Å²) >= 11 is 0. The largest absolute Gasteiger partial charge is 0.464 e. The second-order valence-corrected chi connectivity index (χ2v) is 3.62. The van der Waals surface area contributed by atoms with Crippen molar-refractivity contribution in [2.24, 2.45) is 0 Å². The lowest BCUT2D eigenvalue weighted by atomic mass is 10.3. The number of rotatable bonds is 6. The van der Waals surface area contributed by atoms with Crippen molar-refractivity contribution in [3.63, 3.8) is 0 Å². The molecule has 1 heterocycles. The topological polar surface area (TPSA) is 80.3 Å². The van der Waals surface area contributed by atoms with E-state index in [1.165, 1.54) is 13.3 Å². The van der Waals surface area contributed by atoms with Crippen LogP contribution >= 0.6 is 0 Å². The van der Waals surface area contributed by atoms with Crippen LogP contribution in [-0.4, -0.2) is 37.1 Å². The molecule has 1 aromatic heterocycles. The van der Waals surface area contributed by atoms with Gasteiger partial charge < -0.3 is 15.4 Å². The highest BCUT2D eigenvalue weighted by Gasteiger charge is 2.07. The minimum atomic E-state index is -0.505. The molecular formula is C12H17N3O3. The molecule has 0 fully saturated rings. The molecule has 1 aromatic rings. The van der Waals surface area contributed by atoms with E-state index in [0.717, 1.165) is 6.42 Å². The van der Waals surface area contributed by atoms with Crippen molar-refractivity contribution in [2.45, 2.75) is 13.3 Å². The fourth-order valence-electron chi connectivity index (χ4n) is 1.27. The normalized spacial score (nSPS) is 9.67. The van der Waals surface area contributed by atoms with Crippen molar-refractivity contribution >= 4 is 17.6 Å². The lowest BCUT2D eigenvalue weighted by Crippen LogP contribution is -2.30. The number of ether oxygens (including phenoxy) is 1. The van der Waals surface area contributed by atoms with Crippen LogP contribution in [0.1, 0.15) is 23.8 Å². The smallest absolute Gasteiger partial charge is 0.356 e. The van der Waals surface area contributed by atoms with E-state index < -0.39 is 5.97 Å². The SMILES string of the molecule is CCCNC(=O)CNc1ccnc(C(=O)OC)c1. The van der Waals surface area contributed by atoms with E-state index in [9.17, 15) is 9.59 Å². The van der Waals surface area contributed by atoms with Gasteiger partial charge in [0.2, 0.25) is 5.91 Å². The summed E-state index contributed by atoms with van der Waals surface area (Å²) in [6.07, 6.45) is 2.38. The molecule has 0 radical (unpaired) electrons. The molecule has 6 nitrogen and oxygen atoms in total. The van der Waals surface area contributed by atoms with Crippen LogP contribution in [-0.2, 0) is 9.53 Å². The van der Waals surface area contributed by atoms with Crippen molar-refractivity contribution < 1.29 is 14.3 Å². The first kappa shape index (κ1) is 14.0. The van der Waals surface area contributed by atoms with Gasteiger partial charge in [0.05, 0.1) is 13.7 Å². The zero-order chi connectivity index (χ0) is 13.4. The summed E-state index contributed by atoms with van der Waals surface area (Å²) in [5.74, 6) is -0.595. The van der Waals surface area contributed by atoms with Gasteiger partial charge >= 0.3 is 5.97 Å². The molecule has 0 saturated carbocycles. The standard InChI is InChI=1S/C12H17N3O3/c1-3-5-14-11(16)8-15-9-4-6-13-10(7-9)12(17)18-2/h4,6-7H,3,5,8H2,1-2H3,(H,13,15)(H,14,16). The molecule has 18 heavy (non-hydrogen) atoms. The zero-order valence-corrected chi connectivity index (χ0v) is 10.5. The summed E-state index contributed by atoms with van der Waals surface area (Å²) in [5, 5.41) is 5.66. The molecule has 0 aliphatic rings. The van der Waals surface area contributed by atoms with Crippen LogP contribution in [0.3, 0.4) is 0 Å². The molecule has 0 aliphatic carbocycles. The Labute approximate surface area is 106 Å². The monoisotopic (exact) mass is 251 g/mol. The number of methoxy groups -OCH3 is 1. The van der Waals surface area contributed by atoms with E-state index >= 15 is 0 Å². The molecule has 0 bridgehead atoms. The van der Waals surface area contributed by atoms with Crippen molar-refractivity contribution in [2.75, 3.05) is 25.5 Å². The van der Waals surface area contributed by atoms with Crippen molar-refractivity contribution in [3.8, 4) is 0 Å². The highest BCUT2D eigenvalue weighted by Crippen LogP contribution is 2.08. The number of hydrogen-bond acceptors (Lipinski definition) is 5. The first-order valence-corrected chi connectivity index (χ1v) is 5.72.